The van der Waals surface area contributed by atoms with Crippen LogP contribution in [0.5, 0.6) is 0 Å². The topological polar surface area (TPSA) is 66.9 Å². The van der Waals surface area contributed by atoms with Crippen LogP contribution in [-0.2, 0) is 14.8 Å². The Labute approximate surface area is 162 Å². The van der Waals surface area contributed by atoms with Crippen molar-refractivity contribution < 1.29 is 17.9 Å². The molecule has 6 nitrogen and oxygen atoms in total. The van der Waals surface area contributed by atoms with Crippen molar-refractivity contribution >= 4 is 15.9 Å². The number of hydrogen-bond acceptors (Lipinski definition) is 4. The fourth-order valence-corrected chi connectivity index (χ4v) is 5.79. The van der Waals surface area contributed by atoms with Crippen molar-refractivity contribution in [1.29, 1.82) is 0 Å². The average molecular weight is 395 g/mol. The highest BCUT2D eigenvalue weighted by molar-refractivity contribution is 7.89. The standard InChI is InChI=1S/C20H30N2O4S/c1-15-11-16(2)13-21(12-15)27(24,25)18-7-5-17(6-8-18)19(23)22-9-10-26-14-20(22,3)4/h5-8,15-16H,9-14H2,1-4H3. The molecule has 7 heteroatoms. The molecule has 3 rings (SSSR count). The van der Waals surface area contributed by atoms with Crippen molar-refractivity contribution in [2.75, 3.05) is 32.8 Å². The summed E-state index contributed by atoms with van der Waals surface area (Å²) < 4.78 is 33.0. The molecule has 27 heavy (non-hydrogen) atoms. The Bertz CT molecular complexity index is 779. The predicted molar refractivity (Wildman–Crippen MR) is 104 cm³/mol. The third kappa shape index (κ3) is 4.20. The second kappa shape index (κ2) is 7.53. The van der Waals surface area contributed by atoms with E-state index < -0.39 is 10.0 Å². The fraction of sp³-hybridized carbons (Fsp3) is 0.650. The van der Waals surface area contributed by atoms with Gasteiger partial charge in [0.2, 0.25) is 10.0 Å². The van der Waals surface area contributed by atoms with Gasteiger partial charge in [-0.1, -0.05) is 13.8 Å². The van der Waals surface area contributed by atoms with Gasteiger partial charge in [0.15, 0.2) is 0 Å². The van der Waals surface area contributed by atoms with Crippen molar-refractivity contribution in [3.05, 3.63) is 29.8 Å². The van der Waals surface area contributed by atoms with Gasteiger partial charge in [-0.2, -0.15) is 4.31 Å². The van der Waals surface area contributed by atoms with Crippen molar-refractivity contribution in [2.45, 2.75) is 44.6 Å². The van der Waals surface area contributed by atoms with Crippen LogP contribution in [0.2, 0.25) is 0 Å². The van der Waals surface area contributed by atoms with Gasteiger partial charge in [-0.05, 0) is 56.4 Å². The van der Waals surface area contributed by atoms with Crippen LogP contribution in [0, 0.1) is 11.8 Å². The summed E-state index contributed by atoms with van der Waals surface area (Å²) in [6.07, 6.45) is 1.05. The van der Waals surface area contributed by atoms with Crippen molar-refractivity contribution in [1.82, 2.24) is 9.21 Å². The number of hydrogen-bond donors (Lipinski definition) is 0. The molecule has 0 N–H and O–H groups in total. The predicted octanol–water partition coefficient (Wildman–Crippen LogP) is 2.60. The molecule has 0 saturated carbocycles. The molecule has 1 aromatic rings. The molecule has 1 amide bonds. The maximum Gasteiger partial charge on any atom is 0.254 e. The third-order valence-electron chi connectivity index (χ3n) is 5.46. The van der Waals surface area contributed by atoms with E-state index in [2.05, 4.69) is 13.8 Å². The summed E-state index contributed by atoms with van der Waals surface area (Å²) in [6.45, 7) is 10.8. The molecule has 0 aliphatic carbocycles. The zero-order valence-corrected chi connectivity index (χ0v) is 17.5. The Morgan fingerprint density at radius 2 is 1.70 bits per heavy atom. The van der Waals surface area contributed by atoms with Crippen molar-refractivity contribution in [3.8, 4) is 0 Å². The fourth-order valence-electron chi connectivity index (χ4n) is 4.11. The summed E-state index contributed by atoms with van der Waals surface area (Å²) in [5.74, 6) is 0.619. The number of carbonyl (C=O) groups is 1. The molecule has 2 fully saturated rings. The Kier molecular flexibility index (Phi) is 5.66. The summed E-state index contributed by atoms with van der Waals surface area (Å²) in [5, 5.41) is 0. The molecule has 2 unspecified atom stereocenters. The quantitative estimate of drug-likeness (QED) is 0.790. The van der Waals surface area contributed by atoms with Crippen molar-refractivity contribution in [3.63, 3.8) is 0 Å². The maximum atomic E-state index is 13.0. The van der Waals surface area contributed by atoms with Crippen LogP contribution >= 0.6 is 0 Å². The third-order valence-corrected chi connectivity index (χ3v) is 7.31. The molecule has 0 spiro atoms. The molecular formula is C20H30N2O4S. The molecular weight excluding hydrogens is 364 g/mol. The highest BCUT2D eigenvalue weighted by Gasteiger charge is 2.35. The number of rotatable bonds is 3. The summed E-state index contributed by atoms with van der Waals surface area (Å²) in [5.41, 5.74) is 0.129. The van der Waals surface area contributed by atoms with E-state index in [4.69, 9.17) is 4.74 Å². The Hall–Kier alpha value is -1.44. The van der Waals surface area contributed by atoms with Gasteiger partial charge in [-0.25, -0.2) is 8.42 Å². The highest BCUT2D eigenvalue weighted by Crippen LogP contribution is 2.27. The number of benzene rings is 1. The SMILES string of the molecule is CC1CC(C)CN(S(=O)(=O)c2ccc(C(=O)N3CCOCC3(C)C)cc2)C1. The first kappa shape index (κ1) is 20.3. The largest absolute Gasteiger partial charge is 0.377 e. The summed E-state index contributed by atoms with van der Waals surface area (Å²) >= 11 is 0. The van der Waals surface area contributed by atoms with Gasteiger partial charge in [0.05, 0.1) is 23.6 Å². The normalized spacial score (nSPS) is 26.7. The van der Waals surface area contributed by atoms with Crippen LogP contribution in [0.4, 0.5) is 0 Å². The van der Waals surface area contributed by atoms with E-state index in [0.717, 1.165) is 6.42 Å². The first-order valence-electron chi connectivity index (χ1n) is 9.61. The van der Waals surface area contributed by atoms with Crippen LogP contribution in [0.3, 0.4) is 0 Å². The van der Waals surface area contributed by atoms with Gasteiger partial charge >= 0.3 is 0 Å². The summed E-state index contributed by atoms with van der Waals surface area (Å²) in [6, 6.07) is 6.36. The zero-order chi connectivity index (χ0) is 19.8. The van der Waals surface area contributed by atoms with Gasteiger partial charge in [-0.3, -0.25) is 4.79 Å². The Morgan fingerprint density at radius 1 is 1.11 bits per heavy atom. The lowest BCUT2D eigenvalue weighted by atomic mass is 9.94. The number of ether oxygens (including phenoxy) is 1. The average Bonchev–Trinajstić information content (AvgIpc) is 2.60. The first-order valence-corrected chi connectivity index (χ1v) is 11.1. The number of nitrogens with zero attached hydrogens (tertiary/aromatic N) is 2. The number of amides is 1. The molecule has 150 valence electrons. The minimum Gasteiger partial charge on any atom is -0.377 e. The lowest BCUT2D eigenvalue weighted by Crippen LogP contribution is -2.55. The van der Waals surface area contributed by atoms with Gasteiger partial charge in [-0.15, -0.1) is 0 Å². The molecule has 2 aliphatic heterocycles. The molecule has 2 aliphatic rings. The lowest BCUT2D eigenvalue weighted by molar-refractivity contribution is -0.0370. The number of sulfonamides is 1. The molecule has 0 bridgehead atoms. The lowest BCUT2D eigenvalue weighted by Gasteiger charge is -2.42. The molecule has 0 radical (unpaired) electrons. The van der Waals surface area contributed by atoms with E-state index in [-0.39, 0.29) is 16.3 Å². The Balaban J connectivity index is 1.79. The number of morpholine rings is 1. The van der Waals surface area contributed by atoms with E-state index in [1.54, 1.807) is 33.5 Å². The van der Waals surface area contributed by atoms with Gasteiger partial charge < -0.3 is 9.64 Å². The first-order chi connectivity index (χ1) is 12.6. The minimum atomic E-state index is -3.53. The van der Waals surface area contributed by atoms with Crippen molar-refractivity contribution in [2.24, 2.45) is 11.8 Å². The number of piperidine rings is 1. The van der Waals surface area contributed by atoms with Crippen LogP contribution in [0.1, 0.15) is 44.5 Å². The van der Waals surface area contributed by atoms with Gasteiger partial charge in [0, 0.05) is 25.2 Å². The van der Waals surface area contributed by atoms with Crippen LogP contribution in [0.25, 0.3) is 0 Å². The van der Waals surface area contributed by atoms with E-state index in [0.29, 0.717) is 50.2 Å². The zero-order valence-electron chi connectivity index (χ0n) is 16.6. The second-order valence-corrected chi connectivity index (χ2v) is 10.6. The van der Waals surface area contributed by atoms with E-state index in [1.165, 1.54) is 0 Å². The highest BCUT2D eigenvalue weighted by atomic mass is 32.2. The summed E-state index contributed by atoms with van der Waals surface area (Å²) in [7, 11) is -3.53. The molecule has 2 heterocycles. The summed E-state index contributed by atoms with van der Waals surface area (Å²) in [4.78, 5) is 14.9. The second-order valence-electron chi connectivity index (χ2n) is 8.61. The molecule has 2 saturated heterocycles. The van der Waals surface area contributed by atoms with Gasteiger partial charge in [0.25, 0.3) is 5.91 Å². The van der Waals surface area contributed by atoms with Crippen LogP contribution in [-0.4, -0.2) is 61.9 Å². The molecule has 0 aromatic heterocycles. The smallest absolute Gasteiger partial charge is 0.254 e. The minimum absolute atomic E-state index is 0.0903. The number of carbonyl (C=O) groups excluding carboxylic acids is 1. The van der Waals surface area contributed by atoms with E-state index in [1.807, 2.05) is 13.8 Å². The van der Waals surface area contributed by atoms with E-state index in [9.17, 15) is 13.2 Å². The molecule has 2 atom stereocenters. The van der Waals surface area contributed by atoms with Gasteiger partial charge in [0.1, 0.15) is 0 Å². The Morgan fingerprint density at radius 3 is 2.26 bits per heavy atom. The van der Waals surface area contributed by atoms with E-state index >= 15 is 0 Å². The molecule has 1 aromatic carbocycles. The maximum absolute atomic E-state index is 13.0. The monoisotopic (exact) mass is 394 g/mol. The van der Waals surface area contributed by atoms with Crippen LogP contribution < -0.4 is 0 Å². The van der Waals surface area contributed by atoms with Crippen LogP contribution in [0.15, 0.2) is 29.2 Å².